The van der Waals surface area contributed by atoms with Crippen molar-refractivity contribution in [1.29, 1.82) is 0 Å². The molecule has 2 fully saturated rings. The van der Waals surface area contributed by atoms with E-state index in [0.717, 1.165) is 36.8 Å². The number of amides is 1. The molecular formula is C31H34N4O3S. The maximum Gasteiger partial charge on any atom is 0.258 e. The Morgan fingerprint density at radius 1 is 0.923 bits per heavy atom. The Hall–Kier alpha value is -3.62. The van der Waals surface area contributed by atoms with Crippen LogP contribution in [0.5, 0.6) is 0 Å². The molecule has 3 aliphatic rings. The van der Waals surface area contributed by atoms with E-state index in [1.807, 2.05) is 30.3 Å². The van der Waals surface area contributed by atoms with Crippen LogP contribution < -0.4 is 15.4 Å². The predicted molar refractivity (Wildman–Crippen MR) is 158 cm³/mol. The van der Waals surface area contributed by atoms with Crippen molar-refractivity contribution in [1.82, 2.24) is 4.90 Å². The standard InChI is InChI=1S/C31H34N4O3S/c1-21-15-17-35(18-16-21)20-22-7-9-24(10-8-22)32-30(23-5-3-2-4-6-23)29-27-19-25(11-14-28(27)33-31(29)36)34-39(37,38)26-12-13-26/h2-11,14,19,21,26,32,34H,12-13,15-18,20H2,1H3,(H,33,36). The fourth-order valence-corrected chi connectivity index (χ4v) is 6.68. The second-order valence-corrected chi connectivity index (χ2v) is 12.9. The number of sulfonamides is 1. The molecule has 6 rings (SSSR count). The zero-order valence-corrected chi connectivity index (χ0v) is 22.9. The van der Waals surface area contributed by atoms with Crippen LogP contribution in [0.3, 0.4) is 0 Å². The van der Waals surface area contributed by atoms with Crippen molar-refractivity contribution in [2.45, 2.75) is 44.4 Å². The summed E-state index contributed by atoms with van der Waals surface area (Å²) in [7, 11) is -3.42. The molecular weight excluding hydrogens is 508 g/mol. The van der Waals surface area contributed by atoms with Gasteiger partial charge in [0.25, 0.3) is 5.91 Å². The van der Waals surface area contributed by atoms with Crippen LogP contribution >= 0.6 is 0 Å². The van der Waals surface area contributed by atoms with Gasteiger partial charge in [-0.15, -0.1) is 0 Å². The van der Waals surface area contributed by atoms with Crippen molar-refractivity contribution in [2.75, 3.05) is 28.4 Å². The van der Waals surface area contributed by atoms with Gasteiger partial charge in [0, 0.05) is 29.2 Å². The molecule has 7 nitrogen and oxygen atoms in total. The van der Waals surface area contributed by atoms with Gasteiger partial charge in [0.05, 0.1) is 16.5 Å². The monoisotopic (exact) mass is 542 g/mol. The summed E-state index contributed by atoms with van der Waals surface area (Å²) < 4.78 is 27.8. The highest BCUT2D eigenvalue weighted by Gasteiger charge is 2.36. The van der Waals surface area contributed by atoms with Gasteiger partial charge in [-0.05, 0) is 86.1 Å². The van der Waals surface area contributed by atoms with E-state index in [1.54, 1.807) is 18.2 Å². The third-order valence-electron chi connectivity index (χ3n) is 7.81. The predicted octanol–water partition coefficient (Wildman–Crippen LogP) is 5.76. The van der Waals surface area contributed by atoms with Crippen LogP contribution in [0.25, 0.3) is 11.3 Å². The number of piperidine rings is 1. The largest absolute Gasteiger partial charge is 0.354 e. The summed E-state index contributed by atoms with van der Waals surface area (Å²) in [5, 5.41) is 6.12. The fraction of sp³-hybridized carbons (Fsp3) is 0.323. The highest BCUT2D eigenvalue weighted by atomic mass is 32.2. The van der Waals surface area contributed by atoms with Crippen LogP contribution in [0.4, 0.5) is 17.1 Å². The Labute approximate surface area is 230 Å². The van der Waals surface area contributed by atoms with Crippen LogP contribution in [-0.4, -0.2) is 37.6 Å². The van der Waals surface area contributed by atoms with Crippen LogP contribution in [0.15, 0.2) is 72.8 Å². The van der Waals surface area contributed by atoms with Crippen molar-refractivity contribution < 1.29 is 13.2 Å². The summed E-state index contributed by atoms with van der Waals surface area (Å²) in [6, 6.07) is 23.3. The maximum absolute atomic E-state index is 13.3. The number of fused-ring (bicyclic) bond motifs is 1. The van der Waals surface area contributed by atoms with Gasteiger partial charge in [0.15, 0.2) is 0 Å². The molecule has 0 atom stereocenters. The second kappa shape index (κ2) is 10.5. The third kappa shape index (κ3) is 5.72. The number of carbonyl (C=O) groups is 1. The molecule has 1 saturated carbocycles. The van der Waals surface area contributed by atoms with Gasteiger partial charge in [-0.1, -0.05) is 49.4 Å². The van der Waals surface area contributed by atoms with E-state index >= 15 is 0 Å². The van der Waals surface area contributed by atoms with Gasteiger partial charge in [-0.25, -0.2) is 8.42 Å². The molecule has 2 aliphatic heterocycles. The minimum atomic E-state index is -3.42. The number of carbonyl (C=O) groups excluding carboxylic acids is 1. The molecule has 2 heterocycles. The van der Waals surface area contributed by atoms with Crippen LogP contribution in [0, 0.1) is 5.92 Å². The lowest BCUT2D eigenvalue weighted by Crippen LogP contribution is -2.32. The summed E-state index contributed by atoms with van der Waals surface area (Å²) in [5.41, 5.74) is 5.94. The molecule has 8 heteroatoms. The number of likely N-dealkylation sites (tertiary alicyclic amines) is 1. The Balaban J connectivity index is 1.31. The van der Waals surface area contributed by atoms with Crippen molar-refractivity contribution in [3.05, 3.63) is 89.5 Å². The molecule has 3 aromatic carbocycles. The van der Waals surface area contributed by atoms with E-state index in [0.29, 0.717) is 41.1 Å². The van der Waals surface area contributed by atoms with E-state index in [-0.39, 0.29) is 11.2 Å². The van der Waals surface area contributed by atoms with Crippen molar-refractivity contribution in [3.63, 3.8) is 0 Å². The molecule has 3 aromatic rings. The maximum atomic E-state index is 13.3. The topological polar surface area (TPSA) is 90.5 Å². The summed E-state index contributed by atoms with van der Waals surface area (Å²) in [6.07, 6.45) is 3.87. The van der Waals surface area contributed by atoms with E-state index < -0.39 is 10.0 Å². The first-order chi connectivity index (χ1) is 18.9. The van der Waals surface area contributed by atoms with Gasteiger partial charge in [-0.2, -0.15) is 0 Å². The molecule has 1 saturated heterocycles. The zero-order chi connectivity index (χ0) is 27.0. The fourth-order valence-electron chi connectivity index (χ4n) is 5.30. The number of anilines is 3. The van der Waals surface area contributed by atoms with E-state index in [1.165, 1.54) is 18.4 Å². The molecule has 1 aliphatic carbocycles. The lowest BCUT2D eigenvalue weighted by Gasteiger charge is -2.30. The van der Waals surface area contributed by atoms with Gasteiger partial charge in [-0.3, -0.25) is 14.4 Å². The summed E-state index contributed by atoms with van der Waals surface area (Å²) >= 11 is 0. The van der Waals surface area contributed by atoms with E-state index in [2.05, 4.69) is 51.4 Å². The number of nitrogens with zero attached hydrogens (tertiary/aromatic N) is 1. The van der Waals surface area contributed by atoms with Crippen LogP contribution in [-0.2, 0) is 21.4 Å². The first-order valence-corrected chi connectivity index (χ1v) is 15.3. The van der Waals surface area contributed by atoms with Gasteiger partial charge < -0.3 is 10.6 Å². The minimum absolute atomic E-state index is 0.227. The van der Waals surface area contributed by atoms with E-state index in [9.17, 15) is 13.2 Å². The van der Waals surface area contributed by atoms with Crippen molar-refractivity contribution in [3.8, 4) is 0 Å². The highest BCUT2D eigenvalue weighted by Crippen LogP contribution is 2.40. The van der Waals surface area contributed by atoms with Crippen LogP contribution in [0.2, 0.25) is 0 Å². The van der Waals surface area contributed by atoms with Crippen molar-refractivity contribution >= 4 is 44.3 Å². The first kappa shape index (κ1) is 25.6. The van der Waals surface area contributed by atoms with Crippen LogP contribution in [0.1, 0.15) is 49.3 Å². The second-order valence-electron chi connectivity index (χ2n) is 11.0. The minimum Gasteiger partial charge on any atom is -0.354 e. The zero-order valence-electron chi connectivity index (χ0n) is 22.1. The molecule has 0 aromatic heterocycles. The normalized spacial score (nSPS) is 19.4. The van der Waals surface area contributed by atoms with Gasteiger partial charge in [0.1, 0.15) is 0 Å². The molecule has 0 unspecified atom stereocenters. The average Bonchev–Trinajstić information content (AvgIpc) is 3.75. The van der Waals surface area contributed by atoms with E-state index in [4.69, 9.17) is 0 Å². The smallest absolute Gasteiger partial charge is 0.258 e. The summed E-state index contributed by atoms with van der Waals surface area (Å²) in [6.45, 7) is 5.54. The molecule has 1 amide bonds. The first-order valence-electron chi connectivity index (χ1n) is 13.7. The Kier molecular flexibility index (Phi) is 6.91. The lowest BCUT2D eigenvalue weighted by molar-refractivity contribution is -0.110. The molecule has 202 valence electrons. The number of rotatable bonds is 8. The SMILES string of the molecule is CC1CCN(Cc2ccc(NC(=C3C(=O)Nc4ccc(NS(=O)(=O)C5CC5)cc43)c3ccccc3)cc2)CC1. The number of hydrogen-bond acceptors (Lipinski definition) is 5. The molecule has 39 heavy (non-hydrogen) atoms. The molecule has 0 radical (unpaired) electrons. The molecule has 0 spiro atoms. The molecule has 3 N–H and O–H groups in total. The Bertz CT molecular complexity index is 1510. The number of benzene rings is 3. The number of hydrogen-bond donors (Lipinski definition) is 3. The lowest BCUT2D eigenvalue weighted by atomic mass is 9.98. The highest BCUT2D eigenvalue weighted by molar-refractivity contribution is 7.93. The van der Waals surface area contributed by atoms with Gasteiger partial charge in [0.2, 0.25) is 10.0 Å². The van der Waals surface area contributed by atoms with Crippen molar-refractivity contribution in [2.24, 2.45) is 5.92 Å². The Morgan fingerprint density at radius 2 is 1.62 bits per heavy atom. The quantitative estimate of drug-likeness (QED) is 0.315. The third-order valence-corrected chi connectivity index (χ3v) is 9.67. The summed E-state index contributed by atoms with van der Waals surface area (Å²) in [5.74, 6) is 0.583. The average molecular weight is 543 g/mol. The Morgan fingerprint density at radius 3 is 2.31 bits per heavy atom. The summed E-state index contributed by atoms with van der Waals surface area (Å²) in [4.78, 5) is 15.8. The number of nitrogens with one attached hydrogen (secondary N) is 3. The molecule has 0 bridgehead atoms. The van der Waals surface area contributed by atoms with Gasteiger partial charge >= 0.3 is 0 Å².